The van der Waals surface area contributed by atoms with E-state index in [2.05, 4.69) is 15.4 Å². The lowest BCUT2D eigenvalue weighted by atomic mass is 10.1. The molecule has 1 aromatic carbocycles. The lowest BCUT2D eigenvalue weighted by Gasteiger charge is -2.35. The van der Waals surface area contributed by atoms with Gasteiger partial charge in [0.15, 0.2) is 10.8 Å². The summed E-state index contributed by atoms with van der Waals surface area (Å²) in [5.41, 5.74) is -1.54. The molecule has 1 fully saturated rings. The van der Waals surface area contributed by atoms with Crippen LogP contribution in [0.15, 0.2) is 57.9 Å². The standard InChI is InChI=1S/C21H17F3N6O3S/c22-21(23,24)13-4-1-2-5-14(13)25-19(32)29-9-7-28(8-10-29)16-12-17(31)30-20(26-16)34-18(27-30)15-6-3-11-33-15/h1-6,11-12H,7-10H2,(H,25,32). The first-order valence-corrected chi connectivity index (χ1v) is 11.0. The maximum absolute atomic E-state index is 13.2. The number of nitrogens with zero attached hydrogens (tertiary/aromatic N) is 5. The fourth-order valence-electron chi connectivity index (χ4n) is 3.63. The van der Waals surface area contributed by atoms with E-state index >= 15 is 0 Å². The number of carbonyl (C=O) groups excluding carboxylic acids is 1. The van der Waals surface area contributed by atoms with Gasteiger partial charge in [-0.3, -0.25) is 4.79 Å². The van der Waals surface area contributed by atoms with Gasteiger partial charge in [0.05, 0.1) is 17.5 Å². The maximum Gasteiger partial charge on any atom is 0.418 e. The van der Waals surface area contributed by atoms with E-state index in [0.29, 0.717) is 34.6 Å². The monoisotopic (exact) mass is 490 g/mol. The van der Waals surface area contributed by atoms with E-state index < -0.39 is 17.8 Å². The molecule has 3 aromatic heterocycles. The molecule has 13 heteroatoms. The second kappa shape index (κ2) is 8.48. The van der Waals surface area contributed by atoms with E-state index in [-0.39, 0.29) is 24.3 Å². The molecule has 4 aromatic rings. The fraction of sp³-hybridized carbons (Fsp3) is 0.238. The molecule has 0 spiro atoms. The molecule has 0 unspecified atom stereocenters. The van der Waals surface area contributed by atoms with Gasteiger partial charge in [0.25, 0.3) is 5.56 Å². The van der Waals surface area contributed by atoms with Crippen LogP contribution in [0, 0.1) is 0 Å². The molecule has 1 aliphatic rings. The van der Waals surface area contributed by atoms with Gasteiger partial charge in [0.1, 0.15) is 5.82 Å². The predicted molar refractivity (Wildman–Crippen MR) is 119 cm³/mol. The van der Waals surface area contributed by atoms with Crippen molar-refractivity contribution in [2.75, 3.05) is 36.4 Å². The Morgan fingerprint density at radius 2 is 1.85 bits per heavy atom. The number of rotatable bonds is 3. The summed E-state index contributed by atoms with van der Waals surface area (Å²) in [6.07, 6.45) is -3.06. The van der Waals surface area contributed by atoms with Crippen LogP contribution in [0.25, 0.3) is 15.7 Å². The number of urea groups is 1. The average Bonchev–Trinajstić information content (AvgIpc) is 3.49. The molecule has 0 saturated carbocycles. The van der Waals surface area contributed by atoms with Gasteiger partial charge in [-0.15, -0.1) is 5.10 Å². The predicted octanol–water partition coefficient (Wildman–Crippen LogP) is 3.78. The van der Waals surface area contributed by atoms with Crippen molar-refractivity contribution in [2.45, 2.75) is 6.18 Å². The molecule has 5 rings (SSSR count). The van der Waals surface area contributed by atoms with Gasteiger partial charge >= 0.3 is 12.2 Å². The number of aromatic nitrogens is 3. The second-order valence-corrected chi connectivity index (χ2v) is 8.44. The zero-order valence-electron chi connectivity index (χ0n) is 17.5. The largest absolute Gasteiger partial charge is 0.462 e. The van der Waals surface area contributed by atoms with Crippen LogP contribution in [0.3, 0.4) is 0 Å². The van der Waals surface area contributed by atoms with Crippen molar-refractivity contribution >= 4 is 33.8 Å². The van der Waals surface area contributed by atoms with Crippen molar-refractivity contribution in [3.63, 3.8) is 0 Å². The molecule has 2 amide bonds. The third kappa shape index (κ3) is 4.21. The Hall–Kier alpha value is -3.87. The van der Waals surface area contributed by atoms with Crippen LogP contribution in [-0.2, 0) is 6.18 Å². The van der Waals surface area contributed by atoms with E-state index in [1.165, 1.54) is 51.3 Å². The highest BCUT2D eigenvalue weighted by molar-refractivity contribution is 7.19. The molecule has 0 bridgehead atoms. The molecule has 0 aliphatic carbocycles. The molecule has 9 nitrogen and oxygen atoms in total. The quantitative estimate of drug-likeness (QED) is 0.470. The van der Waals surface area contributed by atoms with Crippen LogP contribution >= 0.6 is 11.3 Å². The minimum atomic E-state index is -4.58. The molecule has 34 heavy (non-hydrogen) atoms. The molecule has 0 radical (unpaired) electrons. The number of para-hydroxylation sites is 1. The smallest absolute Gasteiger partial charge is 0.418 e. The van der Waals surface area contributed by atoms with Crippen molar-refractivity contribution in [1.29, 1.82) is 0 Å². The highest BCUT2D eigenvalue weighted by atomic mass is 32.1. The molecular weight excluding hydrogens is 473 g/mol. The summed E-state index contributed by atoms with van der Waals surface area (Å²) in [6.45, 7) is 1.23. The number of halogens is 3. The average molecular weight is 490 g/mol. The Morgan fingerprint density at radius 1 is 1.09 bits per heavy atom. The Balaban J connectivity index is 1.28. The number of piperazine rings is 1. The number of fused-ring (bicyclic) bond motifs is 1. The van der Waals surface area contributed by atoms with Crippen molar-refractivity contribution in [3.05, 3.63) is 64.6 Å². The number of alkyl halides is 3. The minimum Gasteiger partial charge on any atom is -0.462 e. The Labute approximate surface area is 194 Å². The Bertz CT molecular complexity index is 1390. The lowest BCUT2D eigenvalue weighted by Crippen LogP contribution is -2.50. The molecular formula is C21H17F3N6O3S. The zero-order valence-corrected chi connectivity index (χ0v) is 18.3. The van der Waals surface area contributed by atoms with Crippen LogP contribution in [0.2, 0.25) is 0 Å². The first kappa shape index (κ1) is 21.9. The number of anilines is 2. The summed E-state index contributed by atoms with van der Waals surface area (Å²) >= 11 is 1.21. The van der Waals surface area contributed by atoms with E-state index in [0.717, 1.165) is 6.07 Å². The van der Waals surface area contributed by atoms with E-state index in [1.807, 2.05) is 4.90 Å². The van der Waals surface area contributed by atoms with E-state index in [1.54, 1.807) is 12.1 Å². The zero-order chi connectivity index (χ0) is 23.9. The number of benzene rings is 1. The van der Waals surface area contributed by atoms with Crippen LogP contribution in [0.4, 0.5) is 29.5 Å². The van der Waals surface area contributed by atoms with Gasteiger partial charge < -0.3 is 19.5 Å². The molecule has 0 atom stereocenters. The maximum atomic E-state index is 13.2. The van der Waals surface area contributed by atoms with Gasteiger partial charge in [-0.2, -0.15) is 17.7 Å². The van der Waals surface area contributed by atoms with Gasteiger partial charge in [-0.05, 0) is 24.3 Å². The number of furan rings is 1. The number of carbonyl (C=O) groups is 1. The highest BCUT2D eigenvalue weighted by Gasteiger charge is 2.34. The Kier molecular flexibility index (Phi) is 5.48. The van der Waals surface area contributed by atoms with Gasteiger partial charge in [-0.1, -0.05) is 23.5 Å². The van der Waals surface area contributed by atoms with E-state index in [9.17, 15) is 22.8 Å². The van der Waals surface area contributed by atoms with Gasteiger partial charge in [0, 0.05) is 32.2 Å². The molecule has 4 heterocycles. The topological polar surface area (TPSA) is 96.0 Å². The van der Waals surface area contributed by atoms with E-state index in [4.69, 9.17) is 4.42 Å². The minimum absolute atomic E-state index is 0.251. The molecule has 1 saturated heterocycles. The van der Waals surface area contributed by atoms with Gasteiger partial charge in [0.2, 0.25) is 4.96 Å². The van der Waals surface area contributed by atoms with Crippen molar-refractivity contribution in [3.8, 4) is 10.8 Å². The number of hydrogen-bond acceptors (Lipinski definition) is 7. The van der Waals surface area contributed by atoms with Gasteiger partial charge in [-0.25, -0.2) is 9.78 Å². The first-order chi connectivity index (χ1) is 16.3. The summed E-state index contributed by atoms with van der Waals surface area (Å²) in [6, 6.07) is 9.05. The summed E-state index contributed by atoms with van der Waals surface area (Å²) in [5.74, 6) is 0.977. The number of amides is 2. The Morgan fingerprint density at radius 3 is 2.56 bits per heavy atom. The lowest BCUT2D eigenvalue weighted by molar-refractivity contribution is -0.136. The van der Waals surface area contributed by atoms with Crippen molar-refractivity contribution < 1.29 is 22.4 Å². The third-order valence-corrected chi connectivity index (χ3v) is 6.25. The van der Waals surface area contributed by atoms with Crippen molar-refractivity contribution in [2.24, 2.45) is 0 Å². The van der Waals surface area contributed by atoms with Crippen LogP contribution < -0.4 is 15.8 Å². The molecule has 1 N–H and O–H groups in total. The molecule has 176 valence electrons. The van der Waals surface area contributed by atoms with Crippen LogP contribution in [0.1, 0.15) is 5.56 Å². The first-order valence-electron chi connectivity index (χ1n) is 10.2. The highest BCUT2D eigenvalue weighted by Crippen LogP contribution is 2.34. The summed E-state index contributed by atoms with van der Waals surface area (Å²) in [5, 5.41) is 7.12. The number of hydrogen-bond donors (Lipinski definition) is 1. The summed E-state index contributed by atoms with van der Waals surface area (Å²) < 4.78 is 46.1. The molecule has 1 aliphatic heterocycles. The summed E-state index contributed by atoms with van der Waals surface area (Å²) in [4.78, 5) is 33.3. The normalized spacial score (nSPS) is 14.6. The number of nitrogens with one attached hydrogen (secondary N) is 1. The van der Waals surface area contributed by atoms with Crippen molar-refractivity contribution in [1.82, 2.24) is 19.5 Å². The van der Waals surface area contributed by atoms with Crippen LogP contribution in [0.5, 0.6) is 0 Å². The summed E-state index contributed by atoms with van der Waals surface area (Å²) in [7, 11) is 0. The second-order valence-electron chi connectivity index (χ2n) is 7.48. The van der Waals surface area contributed by atoms with Crippen LogP contribution in [-0.4, -0.2) is 51.7 Å². The fourth-order valence-corrected chi connectivity index (χ4v) is 4.50. The third-order valence-electron chi connectivity index (χ3n) is 5.33. The SMILES string of the molecule is O=C(Nc1ccccc1C(F)(F)F)N1CCN(c2cc(=O)n3nc(-c4ccco4)sc3n2)CC1.